The maximum atomic E-state index is 12.4. The quantitative estimate of drug-likeness (QED) is 0.559. The summed E-state index contributed by atoms with van der Waals surface area (Å²) in [7, 11) is 0. The van der Waals surface area contributed by atoms with Crippen LogP contribution in [0.1, 0.15) is 30.2 Å². The Morgan fingerprint density at radius 2 is 1.89 bits per heavy atom. The van der Waals surface area contributed by atoms with E-state index in [2.05, 4.69) is 25.7 Å². The minimum Gasteiger partial charge on any atom is -0.350 e. The van der Waals surface area contributed by atoms with Gasteiger partial charge in [0.05, 0.1) is 23.4 Å². The molecule has 4 aromatic rings. The van der Waals surface area contributed by atoms with E-state index in [1.807, 2.05) is 54.8 Å². The number of aromatic nitrogens is 6. The molecule has 0 aliphatic rings. The van der Waals surface area contributed by atoms with Gasteiger partial charge in [-0.25, -0.2) is 4.98 Å². The lowest BCUT2D eigenvalue weighted by atomic mass is 10.1. The zero-order valence-electron chi connectivity index (χ0n) is 15.8. The third-order valence-corrected chi connectivity index (χ3v) is 4.46. The summed E-state index contributed by atoms with van der Waals surface area (Å²) in [6.07, 6.45) is 1.79. The molecule has 0 saturated carbocycles. The third-order valence-electron chi connectivity index (χ3n) is 4.46. The molecule has 0 aliphatic heterocycles. The number of imidazole rings is 1. The highest BCUT2D eigenvalue weighted by atomic mass is 16.1. The molecule has 0 saturated heterocycles. The van der Waals surface area contributed by atoms with Crippen molar-refractivity contribution < 1.29 is 4.79 Å². The molecule has 1 amide bonds. The van der Waals surface area contributed by atoms with Crippen LogP contribution in [0.4, 0.5) is 0 Å². The second kappa shape index (κ2) is 7.59. The van der Waals surface area contributed by atoms with Gasteiger partial charge in [0.15, 0.2) is 0 Å². The van der Waals surface area contributed by atoms with Gasteiger partial charge in [0.25, 0.3) is 5.91 Å². The lowest BCUT2D eigenvalue weighted by Crippen LogP contribution is -2.27. The standard InChI is InChI=1S/C20H21N7O/c1-14(2)27-24-19(23-25-27)15-7-9-16(10-8-15)20(28)21-11-12-26-13-22-17-5-3-4-6-18(17)26/h3-10,13-14H,11-12H2,1-2H3,(H,21,28). The Balaban J connectivity index is 1.37. The average Bonchev–Trinajstić information content (AvgIpc) is 3.36. The van der Waals surface area contributed by atoms with Gasteiger partial charge in [0.2, 0.25) is 5.82 Å². The van der Waals surface area contributed by atoms with Gasteiger partial charge in [-0.15, -0.1) is 10.2 Å². The highest BCUT2D eigenvalue weighted by Crippen LogP contribution is 2.15. The van der Waals surface area contributed by atoms with Crippen molar-refractivity contribution in [2.75, 3.05) is 6.54 Å². The van der Waals surface area contributed by atoms with E-state index in [0.29, 0.717) is 24.5 Å². The van der Waals surface area contributed by atoms with Crippen molar-refractivity contribution in [1.29, 1.82) is 0 Å². The fraction of sp³-hybridized carbons (Fsp3) is 0.250. The van der Waals surface area contributed by atoms with Gasteiger partial charge in [-0.2, -0.15) is 4.80 Å². The number of carbonyl (C=O) groups is 1. The number of rotatable bonds is 6. The Morgan fingerprint density at radius 1 is 1.11 bits per heavy atom. The van der Waals surface area contributed by atoms with Crippen molar-refractivity contribution >= 4 is 16.9 Å². The van der Waals surface area contributed by atoms with Crippen LogP contribution >= 0.6 is 0 Å². The summed E-state index contributed by atoms with van der Waals surface area (Å²) >= 11 is 0. The van der Waals surface area contributed by atoms with Crippen LogP contribution in [0, 0.1) is 0 Å². The number of fused-ring (bicyclic) bond motifs is 1. The lowest BCUT2D eigenvalue weighted by Gasteiger charge is -2.07. The highest BCUT2D eigenvalue weighted by Gasteiger charge is 2.10. The van der Waals surface area contributed by atoms with E-state index in [1.54, 1.807) is 23.3 Å². The molecule has 0 atom stereocenters. The van der Waals surface area contributed by atoms with Crippen LogP contribution in [-0.4, -0.2) is 42.2 Å². The van der Waals surface area contributed by atoms with Crippen LogP contribution < -0.4 is 5.32 Å². The predicted octanol–water partition coefficient (Wildman–Crippen LogP) is 2.70. The number of para-hydroxylation sites is 2. The number of hydrogen-bond donors (Lipinski definition) is 1. The molecule has 0 fully saturated rings. The number of hydrogen-bond acceptors (Lipinski definition) is 5. The van der Waals surface area contributed by atoms with Crippen molar-refractivity contribution in [1.82, 2.24) is 35.1 Å². The van der Waals surface area contributed by atoms with Gasteiger partial charge in [-0.3, -0.25) is 4.79 Å². The second-order valence-electron chi connectivity index (χ2n) is 6.79. The number of amides is 1. The summed E-state index contributed by atoms with van der Waals surface area (Å²) in [6, 6.07) is 15.3. The van der Waals surface area contributed by atoms with E-state index in [-0.39, 0.29) is 11.9 Å². The van der Waals surface area contributed by atoms with Gasteiger partial charge in [-0.05, 0) is 43.3 Å². The Labute approximate surface area is 162 Å². The number of carbonyl (C=O) groups excluding carboxylic acids is 1. The molecule has 28 heavy (non-hydrogen) atoms. The molecule has 0 bridgehead atoms. The molecule has 2 aromatic heterocycles. The van der Waals surface area contributed by atoms with E-state index in [1.165, 1.54) is 0 Å². The van der Waals surface area contributed by atoms with Crippen LogP contribution in [0.25, 0.3) is 22.4 Å². The molecule has 1 N–H and O–H groups in total. The fourth-order valence-corrected chi connectivity index (χ4v) is 2.91. The number of nitrogens with zero attached hydrogens (tertiary/aromatic N) is 6. The second-order valence-corrected chi connectivity index (χ2v) is 6.79. The summed E-state index contributed by atoms with van der Waals surface area (Å²) in [5.74, 6) is 0.433. The molecule has 8 nitrogen and oxygen atoms in total. The first-order valence-electron chi connectivity index (χ1n) is 9.20. The zero-order chi connectivity index (χ0) is 19.5. The molecule has 0 spiro atoms. The maximum absolute atomic E-state index is 12.4. The summed E-state index contributed by atoms with van der Waals surface area (Å²) in [4.78, 5) is 18.3. The summed E-state index contributed by atoms with van der Waals surface area (Å²) in [5, 5.41) is 15.4. The largest absolute Gasteiger partial charge is 0.350 e. The van der Waals surface area contributed by atoms with E-state index in [9.17, 15) is 4.79 Å². The van der Waals surface area contributed by atoms with E-state index in [4.69, 9.17) is 0 Å². The van der Waals surface area contributed by atoms with Gasteiger partial charge < -0.3 is 9.88 Å². The Hall–Kier alpha value is -3.55. The molecular formula is C20H21N7O. The van der Waals surface area contributed by atoms with Crippen LogP contribution in [0.3, 0.4) is 0 Å². The Bertz CT molecular complexity index is 1100. The topological polar surface area (TPSA) is 90.5 Å². The van der Waals surface area contributed by atoms with Crippen molar-refractivity contribution in [3.8, 4) is 11.4 Å². The molecule has 142 valence electrons. The number of tetrazole rings is 1. The third kappa shape index (κ3) is 3.62. The fourth-order valence-electron chi connectivity index (χ4n) is 2.91. The summed E-state index contributed by atoms with van der Waals surface area (Å²) in [5.41, 5.74) is 3.43. The molecule has 0 radical (unpaired) electrons. The van der Waals surface area contributed by atoms with Crippen molar-refractivity contribution in [2.24, 2.45) is 0 Å². The Morgan fingerprint density at radius 3 is 2.64 bits per heavy atom. The average molecular weight is 375 g/mol. The first kappa shape index (κ1) is 17.8. The molecule has 4 rings (SSSR count). The summed E-state index contributed by atoms with van der Waals surface area (Å²) < 4.78 is 2.03. The SMILES string of the molecule is CC(C)n1nnc(-c2ccc(C(=O)NCCn3cnc4ccccc43)cc2)n1. The van der Waals surface area contributed by atoms with E-state index >= 15 is 0 Å². The van der Waals surface area contributed by atoms with Gasteiger partial charge in [0, 0.05) is 24.2 Å². The first-order chi connectivity index (χ1) is 13.6. The molecule has 2 aromatic carbocycles. The first-order valence-corrected chi connectivity index (χ1v) is 9.20. The van der Waals surface area contributed by atoms with Crippen molar-refractivity contribution in [3.63, 3.8) is 0 Å². The predicted molar refractivity (Wildman–Crippen MR) is 106 cm³/mol. The van der Waals surface area contributed by atoms with Crippen molar-refractivity contribution in [3.05, 3.63) is 60.4 Å². The number of benzene rings is 2. The Kier molecular flexibility index (Phi) is 4.84. The van der Waals surface area contributed by atoms with Gasteiger partial charge in [-0.1, -0.05) is 24.3 Å². The molecule has 0 aliphatic carbocycles. The maximum Gasteiger partial charge on any atom is 0.251 e. The van der Waals surface area contributed by atoms with E-state index < -0.39 is 0 Å². The molecular weight excluding hydrogens is 354 g/mol. The monoisotopic (exact) mass is 375 g/mol. The zero-order valence-corrected chi connectivity index (χ0v) is 15.8. The molecule has 8 heteroatoms. The molecule has 2 heterocycles. The highest BCUT2D eigenvalue weighted by molar-refractivity contribution is 5.94. The van der Waals surface area contributed by atoms with E-state index in [0.717, 1.165) is 16.6 Å². The van der Waals surface area contributed by atoms with Gasteiger partial charge in [0.1, 0.15) is 0 Å². The van der Waals surface area contributed by atoms with Crippen LogP contribution in [-0.2, 0) is 6.54 Å². The van der Waals surface area contributed by atoms with Crippen molar-refractivity contribution in [2.45, 2.75) is 26.4 Å². The van der Waals surface area contributed by atoms with Gasteiger partial charge >= 0.3 is 0 Å². The minimum atomic E-state index is -0.116. The number of nitrogens with one attached hydrogen (secondary N) is 1. The molecule has 0 unspecified atom stereocenters. The smallest absolute Gasteiger partial charge is 0.251 e. The van der Waals surface area contributed by atoms with Crippen LogP contribution in [0.5, 0.6) is 0 Å². The van der Waals surface area contributed by atoms with Crippen LogP contribution in [0.15, 0.2) is 54.9 Å². The lowest BCUT2D eigenvalue weighted by molar-refractivity contribution is 0.0952. The van der Waals surface area contributed by atoms with Crippen LogP contribution in [0.2, 0.25) is 0 Å². The minimum absolute atomic E-state index is 0.116. The normalized spacial score (nSPS) is 11.2. The summed E-state index contributed by atoms with van der Waals surface area (Å²) in [6.45, 7) is 5.16.